The van der Waals surface area contributed by atoms with Crippen LogP contribution in [0.1, 0.15) is 19.3 Å². The number of benzene rings is 3. The maximum Gasteiger partial charge on any atom is 0.257 e. The third-order valence-electron chi connectivity index (χ3n) is 5.89. The van der Waals surface area contributed by atoms with E-state index in [4.69, 9.17) is 9.40 Å². The fourth-order valence-electron chi connectivity index (χ4n) is 4.17. The molecule has 0 saturated carbocycles. The van der Waals surface area contributed by atoms with Gasteiger partial charge in [0.05, 0.1) is 5.75 Å². The van der Waals surface area contributed by atoms with E-state index in [1.54, 1.807) is 0 Å². The topological polar surface area (TPSA) is 58.4 Å². The molecule has 1 fully saturated rings. The lowest BCUT2D eigenvalue weighted by Crippen LogP contribution is -2.29. The summed E-state index contributed by atoms with van der Waals surface area (Å²) in [7, 11) is 0. The van der Waals surface area contributed by atoms with Gasteiger partial charge in [-0.25, -0.2) is 4.98 Å². The molecule has 0 atom stereocenters. The van der Waals surface area contributed by atoms with Crippen molar-refractivity contribution in [3.05, 3.63) is 84.9 Å². The van der Waals surface area contributed by atoms with Gasteiger partial charge in [0.1, 0.15) is 5.69 Å². The minimum atomic E-state index is -0.0866. The van der Waals surface area contributed by atoms with Crippen LogP contribution in [0.3, 0.4) is 0 Å². The van der Waals surface area contributed by atoms with Crippen LogP contribution in [0.15, 0.2) is 94.6 Å². The zero-order valence-electron chi connectivity index (χ0n) is 18.9. The molecule has 1 saturated heterocycles. The van der Waals surface area contributed by atoms with Gasteiger partial charge in [-0.15, -0.1) is 0 Å². The summed E-state index contributed by atoms with van der Waals surface area (Å²) in [6, 6.07) is 28.0. The Kier molecular flexibility index (Phi) is 6.96. The van der Waals surface area contributed by atoms with E-state index in [9.17, 15) is 4.79 Å². The summed E-state index contributed by atoms with van der Waals surface area (Å²) in [5, 5.41) is 3.46. The first-order valence-electron chi connectivity index (χ1n) is 11.7. The van der Waals surface area contributed by atoms with Gasteiger partial charge >= 0.3 is 0 Å². The molecular formula is C28H27N3O2S. The number of anilines is 2. The van der Waals surface area contributed by atoms with Crippen LogP contribution in [0.5, 0.6) is 0 Å². The molecule has 0 unspecified atom stereocenters. The van der Waals surface area contributed by atoms with Crippen molar-refractivity contribution >= 4 is 29.0 Å². The molecule has 5 rings (SSSR count). The van der Waals surface area contributed by atoms with Crippen molar-refractivity contribution in [2.45, 2.75) is 24.5 Å². The Morgan fingerprint density at radius 3 is 2.18 bits per heavy atom. The number of carbonyl (C=O) groups is 1. The van der Waals surface area contributed by atoms with Gasteiger partial charge in [0.25, 0.3) is 5.22 Å². The number of hydrogen-bond donors (Lipinski definition) is 1. The molecule has 0 bridgehead atoms. The highest BCUT2D eigenvalue weighted by Crippen LogP contribution is 2.35. The van der Waals surface area contributed by atoms with E-state index in [-0.39, 0.29) is 11.7 Å². The fourth-order valence-corrected chi connectivity index (χ4v) is 4.80. The summed E-state index contributed by atoms with van der Waals surface area (Å²) in [6.45, 7) is 2.21. The van der Waals surface area contributed by atoms with Crippen LogP contribution < -0.4 is 10.2 Å². The number of oxazole rings is 1. The molecule has 172 valence electrons. The van der Waals surface area contributed by atoms with Crippen molar-refractivity contribution in [1.82, 2.24) is 4.98 Å². The van der Waals surface area contributed by atoms with E-state index in [1.807, 2.05) is 72.8 Å². The SMILES string of the molecule is O=C(CSc1nc(-c2ccccc2)c(-c2ccccc2)o1)Nc1ccc(N2CCCCC2)cc1. The minimum absolute atomic E-state index is 0.0866. The number of amides is 1. The van der Waals surface area contributed by atoms with Crippen LogP contribution >= 0.6 is 11.8 Å². The normalized spacial score (nSPS) is 13.6. The number of aromatic nitrogens is 1. The molecule has 2 heterocycles. The summed E-state index contributed by atoms with van der Waals surface area (Å²) in [6.07, 6.45) is 3.80. The maximum atomic E-state index is 12.6. The summed E-state index contributed by atoms with van der Waals surface area (Å²) in [4.78, 5) is 19.7. The van der Waals surface area contributed by atoms with Crippen molar-refractivity contribution in [3.8, 4) is 22.6 Å². The molecule has 4 aromatic rings. The van der Waals surface area contributed by atoms with Gasteiger partial charge in [-0.05, 0) is 43.5 Å². The Morgan fingerprint density at radius 2 is 1.50 bits per heavy atom. The molecule has 34 heavy (non-hydrogen) atoms. The van der Waals surface area contributed by atoms with Gasteiger partial charge in [-0.3, -0.25) is 4.79 Å². The molecule has 0 radical (unpaired) electrons. The molecule has 3 aromatic carbocycles. The van der Waals surface area contributed by atoms with Crippen LogP contribution in [-0.2, 0) is 4.79 Å². The van der Waals surface area contributed by atoms with E-state index < -0.39 is 0 Å². The number of nitrogens with zero attached hydrogens (tertiary/aromatic N) is 2. The van der Waals surface area contributed by atoms with Crippen LogP contribution in [0, 0.1) is 0 Å². The van der Waals surface area contributed by atoms with Gasteiger partial charge in [-0.2, -0.15) is 0 Å². The van der Waals surface area contributed by atoms with Crippen LogP contribution in [0.2, 0.25) is 0 Å². The second-order valence-corrected chi connectivity index (χ2v) is 9.25. The third kappa shape index (κ3) is 5.34. The van der Waals surface area contributed by atoms with Gasteiger partial charge in [0, 0.05) is 35.6 Å². The number of hydrogen-bond acceptors (Lipinski definition) is 5. The van der Waals surface area contributed by atoms with Crippen LogP contribution in [0.4, 0.5) is 11.4 Å². The quantitative estimate of drug-likeness (QED) is 0.304. The lowest BCUT2D eigenvalue weighted by Gasteiger charge is -2.28. The fraction of sp³-hybridized carbons (Fsp3) is 0.214. The zero-order chi connectivity index (χ0) is 23.2. The van der Waals surface area contributed by atoms with Crippen molar-refractivity contribution in [2.75, 3.05) is 29.1 Å². The Bertz CT molecular complexity index is 1160. The molecule has 1 aliphatic heterocycles. The van der Waals surface area contributed by atoms with E-state index in [1.165, 1.54) is 36.7 Å². The standard InChI is InChI=1S/C28H27N3O2S/c32-25(29-23-14-16-24(17-15-23)31-18-8-3-9-19-31)20-34-28-30-26(21-10-4-1-5-11-21)27(33-28)22-12-6-2-7-13-22/h1-2,4-7,10-17H,3,8-9,18-20H2,(H,29,32). The monoisotopic (exact) mass is 469 g/mol. The summed E-state index contributed by atoms with van der Waals surface area (Å²) in [5.41, 5.74) is 4.74. The first-order valence-corrected chi connectivity index (χ1v) is 12.6. The predicted octanol–water partition coefficient (Wildman–Crippen LogP) is 6.73. The second kappa shape index (κ2) is 10.6. The molecule has 1 aliphatic rings. The Balaban J connectivity index is 1.25. The van der Waals surface area contributed by atoms with E-state index >= 15 is 0 Å². The third-order valence-corrected chi connectivity index (χ3v) is 6.72. The highest BCUT2D eigenvalue weighted by Gasteiger charge is 2.18. The van der Waals surface area contributed by atoms with E-state index in [0.29, 0.717) is 11.0 Å². The molecule has 1 amide bonds. The molecule has 5 nitrogen and oxygen atoms in total. The number of thioether (sulfide) groups is 1. The lowest BCUT2D eigenvalue weighted by atomic mass is 10.1. The second-order valence-electron chi connectivity index (χ2n) is 8.32. The Morgan fingerprint density at radius 1 is 0.853 bits per heavy atom. The largest absolute Gasteiger partial charge is 0.431 e. The number of rotatable bonds is 7. The van der Waals surface area contributed by atoms with Crippen LogP contribution in [0.25, 0.3) is 22.6 Å². The lowest BCUT2D eigenvalue weighted by molar-refractivity contribution is -0.113. The average molecular weight is 470 g/mol. The zero-order valence-corrected chi connectivity index (χ0v) is 19.8. The van der Waals surface area contributed by atoms with Crippen LogP contribution in [-0.4, -0.2) is 29.7 Å². The molecular weight excluding hydrogens is 442 g/mol. The Labute approximate surface area is 204 Å². The van der Waals surface area contributed by atoms with Gasteiger partial charge in [0.2, 0.25) is 5.91 Å². The van der Waals surface area contributed by atoms with Crippen molar-refractivity contribution in [3.63, 3.8) is 0 Å². The summed E-state index contributed by atoms with van der Waals surface area (Å²) < 4.78 is 6.11. The molecule has 0 aliphatic carbocycles. The first kappa shape index (κ1) is 22.3. The Hall–Kier alpha value is -3.51. The number of nitrogens with one attached hydrogen (secondary N) is 1. The number of piperidine rings is 1. The van der Waals surface area contributed by atoms with Crippen molar-refractivity contribution in [1.29, 1.82) is 0 Å². The highest BCUT2D eigenvalue weighted by molar-refractivity contribution is 7.99. The molecule has 6 heteroatoms. The summed E-state index contributed by atoms with van der Waals surface area (Å²) in [5.74, 6) is 0.844. The molecule has 1 N–H and O–H groups in total. The molecule has 0 spiro atoms. The van der Waals surface area contributed by atoms with E-state index in [0.717, 1.165) is 35.6 Å². The minimum Gasteiger partial charge on any atom is -0.431 e. The average Bonchev–Trinajstić information content (AvgIpc) is 3.34. The van der Waals surface area contributed by atoms with Gasteiger partial charge in [-0.1, -0.05) is 72.4 Å². The van der Waals surface area contributed by atoms with E-state index in [2.05, 4.69) is 22.3 Å². The van der Waals surface area contributed by atoms with Crippen molar-refractivity contribution in [2.24, 2.45) is 0 Å². The molecule has 1 aromatic heterocycles. The van der Waals surface area contributed by atoms with Crippen molar-refractivity contribution < 1.29 is 9.21 Å². The first-order chi connectivity index (χ1) is 16.8. The van der Waals surface area contributed by atoms with Gasteiger partial charge in [0.15, 0.2) is 5.76 Å². The number of carbonyl (C=O) groups excluding carboxylic acids is 1. The smallest absolute Gasteiger partial charge is 0.257 e. The maximum absolute atomic E-state index is 12.6. The summed E-state index contributed by atoms with van der Waals surface area (Å²) >= 11 is 1.30. The van der Waals surface area contributed by atoms with Gasteiger partial charge < -0.3 is 14.6 Å². The predicted molar refractivity (Wildman–Crippen MR) is 139 cm³/mol. The highest BCUT2D eigenvalue weighted by atomic mass is 32.2.